The average Bonchev–Trinajstić information content (AvgIpc) is 2.29. The zero-order valence-electron chi connectivity index (χ0n) is 8.66. The molecule has 0 aliphatic heterocycles. The van der Waals surface area contributed by atoms with Crippen LogP contribution in [0.3, 0.4) is 0 Å². The Morgan fingerprint density at radius 3 is 2.50 bits per heavy atom. The van der Waals surface area contributed by atoms with Gasteiger partial charge in [0.2, 0.25) is 0 Å². The summed E-state index contributed by atoms with van der Waals surface area (Å²) in [6.45, 7) is 0. The predicted octanol–water partition coefficient (Wildman–Crippen LogP) is 1.18. The van der Waals surface area contributed by atoms with Gasteiger partial charge in [0.25, 0.3) is 0 Å². The summed E-state index contributed by atoms with van der Waals surface area (Å²) in [7, 11) is 2.17. The molecule has 1 unspecified atom stereocenters. The third kappa shape index (κ3) is 2.27. The normalized spacial score (nSPS) is 12.1. The third-order valence-corrected chi connectivity index (χ3v) is 1.97. The summed E-state index contributed by atoms with van der Waals surface area (Å²) < 4.78 is 35.3. The largest absolute Gasteiger partial charge is 0.494 e. The van der Waals surface area contributed by atoms with E-state index in [-0.39, 0.29) is 0 Å². The molecule has 0 heterocycles. The van der Waals surface area contributed by atoms with Crippen LogP contribution in [0.2, 0.25) is 0 Å². The smallest absolute Gasteiger partial charge is 0.339 e. The molecule has 0 saturated heterocycles. The monoisotopic (exact) mass is 232 g/mol. The zero-order valence-corrected chi connectivity index (χ0v) is 8.66. The SMILES string of the molecule is COC(=O)C(O)c1cc(F)cc(OC)c1F. The van der Waals surface area contributed by atoms with Crippen LogP contribution in [-0.4, -0.2) is 25.3 Å². The van der Waals surface area contributed by atoms with Crippen LogP contribution >= 0.6 is 0 Å². The van der Waals surface area contributed by atoms with E-state index in [1.807, 2.05) is 0 Å². The summed E-state index contributed by atoms with van der Waals surface area (Å²) in [6, 6.07) is 1.52. The van der Waals surface area contributed by atoms with E-state index in [0.717, 1.165) is 20.3 Å². The number of ether oxygens (including phenoxy) is 2. The highest BCUT2D eigenvalue weighted by Crippen LogP contribution is 2.27. The van der Waals surface area contributed by atoms with Crippen LogP contribution in [0.5, 0.6) is 5.75 Å². The number of aliphatic hydroxyl groups excluding tert-OH is 1. The maximum absolute atomic E-state index is 13.5. The number of hydrogen-bond acceptors (Lipinski definition) is 4. The van der Waals surface area contributed by atoms with Gasteiger partial charge in [0.1, 0.15) is 5.82 Å². The van der Waals surface area contributed by atoms with Gasteiger partial charge in [-0.3, -0.25) is 0 Å². The summed E-state index contributed by atoms with van der Waals surface area (Å²) in [5.74, 6) is -3.29. The fourth-order valence-corrected chi connectivity index (χ4v) is 1.17. The van der Waals surface area contributed by atoms with Crippen molar-refractivity contribution in [2.24, 2.45) is 0 Å². The fraction of sp³-hybridized carbons (Fsp3) is 0.300. The summed E-state index contributed by atoms with van der Waals surface area (Å²) in [6.07, 6.45) is -1.88. The first kappa shape index (κ1) is 12.4. The van der Waals surface area contributed by atoms with Crippen molar-refractivity contribution in [3.63, 3.8) is 0 Å². The zero-order chi connectivity index (χ0) is 12.3. The molecule has 6 heteroatoms. The Morgan fingerprint density at radius 2 is 2.00 bits per heavy atom. The Labute approximate surface area is 90.4 Å². The van der Waals surface area contributed by atoms with Crippen molar-refractivity contribution >= 4 is 5.97 Å². The molecule has 4 nitrogen and oxygen atoms in total. The van der Waals surface area contributed by atoms with Crippen molar-refractivity contribution in [1.29, 1.82) is 0 Å². The van der Waals surface area contributed by atoms with Crippen molar-refractivity contribution in [3.05, 3.63) is 29.3 Å². The van der Waals surface area contributed by atoms with E-state index in [1.54, 1.807) is 0 Å². The lowest BCUT2D eigenvalue weighted by Crippen LogP contribution is -2.15. The number of aliphatic hydroxyl groups is 1. The highest BCUT2D eigenvalue weighted by atomic mass is 19.1. The lowest BCUT2D eigenvalue weighted by Gasteiger charge is -2.12. The Balaban J connectivity index is 3.22. The van der Waals surface area contributed by atoms with Gasteiger partial charge in [-0.2, -0.15) is 0 Å². The van der Waals surface area contributed by atoms with Crippen molar-refractivity contribution in [2.45, 2.75) is 6.10 Å². The molecule has 0 saturated carbocycles. The van der Waals surface area contributed by atoms with E-state index in [1.165, 1.54) is 0 Å². The summed E-state index contributed by atoms with van der Waals surface area (Å²) in [4.78, 5) is 11.0. The van der Waals surface area contributed by atoms with Crippen LogP contribution in [0.1, 0.15) is 11.7 Å². The van der Waals surface area contributed by atoms with E-state index >= 15 is 0 Å². The Hall–Kier alpha value is -1.69. The maximum Gasteiger partial charge on any atom is 0.339 e. The molecular formula is C10H10F2O4. The highest BCUT2D eigenvalue weighted by Gasteiger charge is 2.24. The molecule has 88 valence electrons. The van der Waals surface area contributed by atoms with Gasteiger partial charge in [0.15, 0.2) is 17.7 Å². The summed E-state index contributed by atoms with van der Waals surface area (Å²) in [5, 5.41) is 9.38. The number of carbonyl (C=O) groups excluding carboxylic acids is 1. The highest BCUT2D eigenvalue weighted by molar-refractivity contribution is 5.76. The van der Waals surface area contributed by atoms with Crippen LogP contribution in [0.15, 0.2) is 12.1 Å². The van der Waals surface area contributed by atoms with E-state index in [2.05, 4.69) is 9.47 Å². The molecule has 0 amide bonds. The lowest BCUT2D eigenvalue weighted by molar-refractivity contribution is -0.150. The van der Waals surface area contributed by atoms with Crippen LogP contribution < -0.4 is 4.74 Å². The van der Waals surface area contributed by atoms with Crippen LogP contribution in [0.25, 0.3) is 0 Å². The minimum Gasteiger partial charge on any atom is -0.494 e. The van der Waals surface area contributed by atoms with Gasteiger partial charge in [-0.25, -0.2) is 13.6 Å². The molecule has 0 aliphatic carbocycles. The minimum absolute atomic E-state index is 0.391. The number of hydrogen-bond donors (Lipinski definition) is 1. The first-order chi connectivity index (χ1) is 7.51. The molecule has 1 N–H and O–H groups in total. The second-order valence-electron chi connectivity index (χ2n) is 2.94. The van der Waals surface area contributed by atoms with E-state index < -0.39 is 35.0 Å². The number of halogens is 2. The summed E-state index contributed by atoms with van der Waals surface area (Å²) in [5.41, 5.74) is -0.524. The molecule has 0 aromatic heterocycles. The van der Waals surface area contributed by atoms with E-state index in [0.29, 0.717) is 6.07 Å². The standard InChI is InChI=1S/C10H10F2O4/c1-15-7-4-5(11)3-6(8(7)12)9(13)10(14)16-2/h3-4,9,13H,1-2H3. The Morgan fingerprint density at radius 1 is 1.38 bits per heavy atom. The Kier molecular flexibility index (Phi) is 3.78. The van der Waals surface area contributed by atoms with Gasteiger partial charge >= 0.3 is 5.97 Å². The fourth-order valence-electron chi connectivity index (χ4n) is 1.17. The average molecular weight is 232 g/mol. The molecular weight excluding hydrogens is 222 g/mol. The van der Waals surface area contributed by atoms with Gasteiger partial charge in [0.05, 0.1) is 14.2 Å². The molecule has 16 heavy (non-hydrogen) atoms. The van der Waals surface area contributed by atoms with Crippen molar-refractivity contribution in [1.82, 2.24) is 0 Å². The molecule has 0 radical (unpaired) electrons. The number of esters is 1. The summed E-state index contributed by atoms with van der Waals surface area (Å²) >= 11 is 0. The topological polar surface area (TPSA) is 55.8 Å². The van der Waals surface area contributed by atoms with Gasteiger partial charge in [-0.1, -0.05) is 0 Å². The third-order valence-electron chi connectivity index (χ3n) is 1.97. The van der Waals surface area contributed by atoms with Crippen LogP contribution in [0, 0.1) is 11.6 Å². The molecule has 0 fully saturated rings. The van der Waals surface area contributed by atoms with Gasteiger partial charge in [-0.15, -0.1) is 0 Å². The first-order valence-corrected chi connectivity index (χ1v) is 4.30. The van der Waals surface area contributed by atoms with Crippen molar-refractivity contribution < 1.29 is 28.2 Å². The molecule has 1 aromatic carbocycles. The van der Waals surface area contributed by atoms with Gasteiger partial charge < -0.3 is 14.6 Å². The molecule has 1 rings (SSSR count). The number of benzene rings is 1. The van der Waals surface area contributed by atoms with Gasteiger partial charge in [0, 0.05) is 11.6 Å². The van der Waals surface area contributed by atoms with E-state index in [9.17, 15) is 18.7 Å². The number of methoxy groups -OCH3 is 2. The van der Waals surface area contributed by atoms with Crippen LogP contribution in [-0.2, 0) is 9.53 Å². The molecule has 0 spiro atoms. The predicted molar refractivity (Wildman–Crippen MR) is 49.9 cm³/mol. The lowest BCUT2D eigenvalue weighted by atomic mass is 10.1. The first-order valence-electron chi connectivity index (χ1n) is 4.30. The number of rotatable bonds is 3. The molecule has 1 aromatic rings. The van der Waals surface area contributed by atoms with Crippen molar-refractivity contribution in [2.75, 3.05) is 14.2 Å². The molecule has 1 atom stereocenters. The second kappa shape index (κ2) is 4.89. The van der Waals surface area contributed by atoms with Crippen LogP contribution in [0.4, 0.5) is 8.78 Å². The van der Waals surface area contributed by atoms with Crippen molar-refractivity contribution in [3.8, 4) is 5.75 Å². The second-order valence-corrected chi connectivity index (χ2v) is 2.94. The molecule has 0 bridgehead atoms. The quantitative estimate of drug-likeness (QED) is 0.795. The molecule has 0 aliphatic rings. The van der Waals surface area contributed by atoms with E-state index in [4.69, 9.17) is 0 Å². The van der Waals surface area contributed by atoms with Gasteiger partial charge in [-0.05, 0) is 6.07 Å². The Bertz CT molecular complexity index is 406. The number of carbonyl (C=O) groups is 1. The maximum atomic E-state index is 13.5. The minimum atomic E-state index is -1.88.